The van der Waals surface area contributed by atoms with Gasteiger partial charge in [-0.3, -0.25) is 4.79 Å². The van der Waals surface area contributed by atoms with Crippen LogP contribution in [-0.4, -0.2) is 37.6 Å². The van der Waals surface area contributed by atoms with Crippen molar-refractivity contribution in [2.75, 3.05) is 31.6 Å². The van der Waals surface area contributed by atoms with Gasteiger partial charge < -0.3 is 10.6 Å². The van der Waals surface area contributed by atoms with E-state index in [2.05, 4.69) is 16.9 Å². The molecule has 0 aromatic heterocycles. The minimum absolute atomic E-state index is 0.229. The second-order valence-electron chi connectivity index (χ2n) is 4.11. The van der Waals surface area contributed by atoms with Crippen molar-refractivity contribution in [1.29, 1.82) is 0 Å². The van der Waals surface area contributed by atoms with Crippen molar-refractivity contribution in [3.8, 4) is 0 Å². The third-order valence-electron chi connectivity index (χ3n) is 2.73. The molecule has 1 amide bonds. The van der Waals surface area contributed by atoms with E-state index in [0.717, 1.165) is 32.5 Å². The molecular formula is C11H22N2OS. The second kappa shape index (κ2) is 7.99. The predicted octanol–water partition coefficient (Wildman–Crippen LogP) is 1.25. The lowest BCUT2D eigenvalue weighted by molar-refractivity contribution is -0.121. The van der Waals surface area contributed by atoms with E-state index in [1.807, 2.05) is 11.8 Å². The van der Waals surface area contributed by atoms with Crippen LogP contribution < -0.4 is 10.6 Å². The van der Waals surface area contributed by atoms with E-state index in [1.165, 1.54) is 12.2 Å². The summed E-state index contributed by atoms with van der Waals surface area (Å²) in [5, 5.41) is 6.27. The fourth-order valence-electron chi connectivity index (χ4n) is 1.82. The van der Waals surface area contributed by atoms with Crippen LogP contribution in [0.4, 0.5) is 0 Å². The zero-order valence-electron chi connectivity index (χ0n) is 9.55. The van der Waals surface area contributed by atoms with Crippen LogP contribution in [0.25, 0.3) is 0 Å². The molecule has 1 aliphatic rings. The summed E-state index contributed by atoms with van der Waals surface area (Å²) in [6.45, 7) is 2.94. The maximum Gasteiger partial charge on any atom is 0.220 e. The zero-order chi connectivity index (χ0) is 10.9. The summed E-state index contributed by atoms with van der Waals surface area (Å²) in [5.74, 6) is 1.99. The van der Waals surface area contributed by atoms with Crippen LogP contribution in [-0.2, 0) is 4.79 Å². The molecule has 1 unspecified atom stereocenters. The monoisotopic (exact) mass is 230 g/mol. The van der Waals surface area contributed by atoms with Crippen LogP contribution in [0.3, 0.4) is 0 Å². The molecule has 88 valence electrons. The molecule has 0 aromatic rings. The maximum absolute atomic E-state index is 11.5. The average molecular weight is 230 g/mol. The van der Waals surface area contributed by atoms with E-state index in [1.54, 1.807) is 0 Å². The van der Waals surface area contributed by atoms with Crippen molar-refractivity contribution in [1.82, 2.24) is 10.6 Å². The predicted molar refractivity (Wildman–Crippen MR) is 66.2 cm³/mol. The summed E-state index contributed by atoms with van der Waals surface area (Å²) in [4.78, 5) is 11.5. The SMILES string of the molecule is CSCCCCNC(=O)CC1CCNC1. The third kappa shape index (κ3) is 6.05. The first-order valence-corrected chi connectivity index (χ1v) is 7.18. The van der Waals surface area contributed by atoms with Gasteiger partial charge in [-0.05, 0) is 50.3 Å². The summed E-state index contributed by atoms with van der Waals surface area (Å²) in [7, 11) is 0. The Morgan fingerprint density at radius 2 is 2.40 bits per heavy atom. The third-order valence-corrected chi connectivity index (χ3v) is 3.43. The molecule has 3 nitrogen and oxygen atoms in total. The normalized spacial score (nSPS) is 20.5. The summed E-state index contributed by atoms with van der Waals surface area (Å²) in [6, 6.07) is 0. The van der Waals surface area contributed by atoms with Crippen molar-refractivity contribution >= 4 is 17.7 Å². The van der Waals surface area contributed by atoms with Gasteiger partial charge in [0.2, 0.25) is 5.91 Å². The van der Waals surface area contributed by atoms with Crippen molar-refractivity contribution in [3.05, 3.63) is 0 Å². The van der Waals surface area contributed by atoms with E-state index in [-0.39, 0.29) is 5.91 Å². The number of unbranched alkanes of at least 4 members (excludes halogenated alkanes) is 1. The highest BCUT2D eigenvalue weighted by atomic mass is 32.2. The van der Waals surface area contributed by atoms with Gasteiger partial charge in [0.25, 0.3) is 0 Å². The fourth-order valence-corrected chi connectivity index (χ4v) is 2.32. The molecule has 0 bridgehead atoms. The summed E-state index contributed by atoms with van der Waals surface area (Å²) < 4.78 is 0. The highest BCUT2D eigenvalue weighted by Gasteiger charge is 2.17. The van der Waals surface area contributed by atoms with Gasteiger partial charge in [0.05, 0.1) is 0 Å². The van der Waals surface area contributed by atoms with Crippen LogP contribution in [0, 0.1) is 5.92 Å². The average Bonchev–Trinajstić information content (AvgIpc) is 2.70. The second-order valence-corrected chi connectivity index (χ2v) is 5.10. The molecule has 1 heterocycles. The molecule has 1 saturated heterocycles. The van der Waals surface area contributed by atoms with Gasteiger partial charge in [0, 0.05) is 13.0 Å². The standard InChI is InChI=1S/C11H22N2OS/c1-15-7-3-2-5-13-11(14)8-10-4-6-12-9-10/h10,12H,2-9H2,1H3,(H,13,14). The quantitative estimate of drug-likeness (QED) is 0.647. The first-order valence-electron chi connectivity index (χ1n) is 5.79. The van der Waals surface area contributed by atoms with E-state index in [4.69, 9.17) is 0 Å². The van der Waals surface area contributed by atoms with Crippen LogP contribution in [0.15, 0.2) is 0 Å². The van der Waals surface area contributed by atoms with Crippen molar-refractivity contribution < 1.29 is 4.79 Å². The molecule has 0 aliphatic carbocycles. The Labute approximate surface area is 96.8 Å². The van der Waals surface area contributed by atoms with E-state index < -0.39 is 0 Å². The van der Waals surface area contributed by atoms with E-state index in [9.17, 15) is 4.79 Å². The van der Waals surface area contributed by atoms with Crippen molar-refractivity contribution in [2.45, 2.75) is 25.7 Å². The Hall–Kier alpha value is -0.220. The van der Waals surface area contributed by atoms with E-state index in [0.29, 0.717) is 12.3 Å². The van der Waals surface area contributed by atoms with Gasteiger partial charge in [0.15, 0.2) is 0 Å². The largest absolute Gasteiger partial charge is 0.356 e. The number of hydrogen-bond acceptors (Lipinski definition) is 3. The lowest BCUT2D eigenvalue weighted by atomic mass is 10.0. The number of hydrogen-bond donors (Lipinski definition) is 2. The number of rotatable bonds is 7. The number of nitrogens with one attached hydrogen (secondary N) is 2. The number of carbonyl (C=O) groups excluding carboxylic acids is 1. The lowest BCUT2D eigenvalue weighted by Gasteiger charge is -2.08. The Morgan fingerprint density at radius 1 is 1.53 bits per heavy atom. The summed E-state index contributed by atoms with van der Waals surface area (Å²) in [5.41, 5.74) is 0. The van der Waals surface area contributed by atoms with Gasteiger partial charge in [-0.25, -0.2) is 0 Å². The molecule has 1 fully saturated rings. The molecule has 15 heavy (non-hydrogen) atoms. The minimum Gasteiger partial charge on any atom is -0.356 e. The molecule has 1 aliphatic heterocycles. The van der Waals surface area contributed by atoms with Crippen LogP contribution in [0.2, 0.25) is 0 Å². The Kier molecular flexibility index (Phi) is 6.85. The summed E-state index contributed by atoms with van der Waals surface area (Å²) >= 11 is 1.87. The Bertz CT molecular complexity index is 181. The van der Waals surface area contributed by atoms with Gasteiger partial charge >= 0.3 is 0 Å². The molecular weight excluding hydrogens is 208 g/mol. The highest BCUT2D eigenvalue weighted by Crippen LogP contribution is 2.11. The molecule has 2 N–H and O–H groups in total. The number of amides is 1. The minimum atomic E-state index is 0.229. The highest BCUT2D eigenvalue weighted by molar-refractivity contribution is 7.98. The van der Waals surface area contributed by atoms with Gasteiger partial charge in [-0.1, -0.05) is 0 Å². The van der Waals surface area contributed by atoms with E-state index >= 15 is 0 Å². The molecule has 0 saturated carbocycles. The zero-order valence-corrected chi connectivity index (χ0v) is 10.4. The van der Waals surface area contributed by atoms with Crippen LogP contribution >= 0.6 is 11.8 Å². The molecule has 0 spiro atoms. The van der Waals surface area contributed by atoms with Crippen LogP contribution in [0.5, 0.6) is 0 Å². The number of thioether (sulfide) groups is 1. The van der Waals surface area contributed by atoms with Gasteiger partial charge in [-0.15, -0.1) is 0 Å². The molecule has 1 rings (SSSR count). The first-order chi connectivity index (χ1) is 7.33. The Morgan fingerprint density at radius 3 is 3.07 bits per heavy atom. The summed E-state index contributed by atoms with van der Waals surface area (Å²) in [6.07, 6.45) is 6.28. The first kappa shape index (κ1) is 12.8. The van der Waals surface area contributed by atoms with Crippen LogP contribution in [0.1, 0.15) is 25.7 Å². The van der Waals surface area contributed by atoms with Gasteiger partial charge in [-0.2, -0.15) is 11.8 Å². The topological polar surface area (TPSA) is 41.1 Å². The van der Waals surface area contributed by atoms with Crippen molar-refractivity contribution in [2.24, 2.45) is 5.92 Å². The Balaban J connectivity index is 1.93. The molecule has 1 atom stereocenters. The smallest absolute Gasteiger partial charge is 0.220 e. The fraction of sp³-hybridized carbons (Fsp3) is 0.909. The maximum atomic E-state index is 11.5. The van der Waals surface area contributed by atoms with Gasteiger partial charge in [0.1, 0.15) is 0 Å². The molecule has 4 heteroatoms. The number of carbonyl (C=O) groups is 1. The molecule has 0 radical (unpaired) electrons. The van der Waals surface area contributed by atoms with Crippen molar-refractivity contribution in [3.63, 3.8) is 0 Å². The lowest BCUT2D eigenvalue weighted by Crippen LogP contribution is -2.27. The molecule has 0 aromatic carbocycles.